The van der Waals surface area contributed by atoms with Crippen molar-refractivity contribution in [2.45, 2.75) is 19.3 Å². The fourth-order valence-corrected chi connectivity index (χ4v) is 1.53. The molecule has 0 unspecified atom stereocenters. The van der Waals surface area contributed by atoms with Crippen LogP contribution < -0.4 is 5.32 Å². The highest BCUT2D eigenvalue weighted by molar-refractivity contribution is 6.30. The van der Waals surface area contributed by atoms with Gasteiger partial charge in [0.1, 0.15) is 5.82 Å². The third-order valence-electron chi connectivity index (χ3n) is 2.13. The van der Waals surface area contributed by atoms with Crippen molar-refractivity contribution in [2.75, 3.05) is 13.6 Å². The highest BCUT2D eigenvalue weighted by atomic mass is 35.5. The molecular weight excluding hydrogens is 201 g/mol. The van der Waals surface area contributed by atoms with Gasteiger partial charge in [0.15, 0.2) is 0 Å². The second-order valence-electron chi connectivity index (χ2n) is 3.31. The molecule has 0 spiro atoms. The first kappa shape index (κ1) is 11.5. The topological polar surface area (TPSA) is 12.0 Å². The van der Waals surface area contributed by atoms with Crippen molar-refractivity contribution < 1.29 is 4.39 Å². The molecule has 1 N–H and O–H groups in total. The average molecular weight is 216 g/mol. The van der Waals surface area contributed by atoms with Crippen LogP contribution in [0.4, 0.5) is 4.39 Å². The van der Waals surface area contributed by atoms with Gasteiger partial charge in [-0.15, -0.1) is 0 Å². The smallest absolute Gasteiger partial charge is 0.141 e. The van der Waals surface area contributed by atoms with Gasteiger partial charge in [-0.2, -0.15) is 0 Å². The van der Waals surface area contributed by atoms with Crippen LogP contribution >= 0.6 is 11.6 Å². The number of unbranched alkanes of at least 4 members (excludes halogenated alkanes) is 1. The molecule has 0 aromatic heterocycles. The third kappa shape index (κ3) is 3.64. The molecule has 0 aliphatic rings. The number of aryl methyl sites for hydroxylation is 1. The largest absolute Gasteiger partial charge is 0.320 e. The Hall–Kier alpha value is -0.600. The van der Waals surface area contributed by atoms with Crippen LogP contribution in [0.1, 0.15) is 18.4 Å². The van der Waals surface area contributed by atoms with Crippen molar-refractivity contribution in [3.63, 3.8) is 0 Å². The Bertz CT molecular complexity index is 289. The molecule has 1 nitrogen and oxygen atoms in total. The molecule has 0 aliphatic heterocycles. The maximum absolute atomic E-state index is 12.8. The van der Waals surface area contributed by atoms with E-state index in [1.165, 1.54) is 6.07 Å². The van der Waals surface area contributed by atoms with E-state index in [4.69, 9.17) is 11.6 Å². The van der Waals surface area contributed by atoms with E-state index in [-0.39, 0.29) is 10.8 Å². The number of hydrogen-bond acceptors (Lipinski definition) is 1. The number of halogens is 2. The summed E-state index contributed by atoms with van der Waals surface area (Å²) in [5, 5.41) is 3.31. The van der Waals surface area contributed by atoms with Crippen LogP contribution in [0.3, 0.4) is 0 Å². The van der Waals surface area contributed by atoms with Gasteiger partial charge >= 0.3 is 0 Å². The summed E-state index contributed by atoms with van der Waals surface area (Å²) in [6.07, 6.45) is 3.19. The van der Waals surface area contributed by atoms with Crippen molar-refractivity contribution in [3.05, 3.63) is 34.6 Å². The van der Waals surface area contributed by atoms with E-state index in [0.717, 1.165) is 31.4 Å². The van der Waals surface area contributed by atoms with E-state index in [1.807, 2.05) is 7.05 Å². The lowest BCUT2D eigenvalue weighted by molar-refractivity contribution is 0.626. The Labute approximate surface area is 89.3 Å². The van der Waals surface area contributed by atoms with Gasteiger partial charge in [-0.1, -0.05) is 17.7 Å². The van der Waals surface area contributed by atoms with Crippen LogP contribution in [0.15, 0.2) is 18.2 Å². The van der Waals surface area contributed by atoms with E-state index < -0.39 is 0 Å². The molecule has 14 heavy (non-hydrogen) atoms. The molecule has 78 valence electrons. The van der Waals surface area contributed by atoms with E-state index in [9.17, 15) is 4.39 Å². The minimum atomic E-state index is -0.342. The number of nitrogens with one attached hydrogen (secondary N) is 1. The predicted octanol–water partition coefficient (Wildman–Crippen LogP) is 3.02. The highest BCUT2D eigenvalue weighted by Gasteiger charge is 2.00. The molecule has 1 aromatic rings. The molecule has 0 aliphatic carbocycles. The van der Waals surface area contributed by atoms with Gasteiger partial charge in [-0.3, -0.25) is 0 Å². The summed E-state index contributed by atoms with van der Waals surface area (Å²) in [5.41, 5.74) is 1.10. The number of hydrogen-bond donors (Lipinski definition) is 1. The zero-order valence-corrected chi connectivity index (χ0v) is 9.07. The maximum Gasteiger partial charge on any atom is 0.141 e. The van der Waals surface area contributed by atoms with Gasteiger partial charge in [0.05, 0.1) is 5.02 Å². The zero-order chi connectivity index (χ0) is 10.4. The van der Waals surface area contributed by atoms with E-state index >= 15 is 0 Å². The molecule has 1 rings (SSSR count). The molecule has 3 heteroatoms. The minimum absolute atomic E-state index is 0.219. The lowest BCUT2D eigenvalue weighted by atomic mass is 10.1. The summed E-state index contributed by atoms with van der Waals surface area (Å²) >= 11 is 5.67. The molecule has 0 fully saturated rings. The van der Waals surface area contributed by atoms with Crippen LogP contribution in [-0.2, 0) is 6.42 Å². The van der Waals surface area contributed by atoms with E-state index in [1.54, 1.807) is 12.1 Å². The first-order chi connectivity index (χ1) is 6.74. The van der Waals surface area contributed by atoms with Gasteiger partial charge in [-0.25, -0.2) is 4.39 Å². The molecule has 1 aromatic carbocycles. The predicted molar refractivity (Wildman–Crippen MR) is 58.3 cm³/mol. The van der Waals surface area contributed by atoms with Crippen molar-refractivity contribution in [3.8, 4) is 0 Å². The fourth-order valence-electron chi connectivity index (χ4n) is 1.33. The Balaban J connectivity index is 2.39. The molecule has 0 saturated heterocycles. The summed E-state index contributed by atoms with van der Waals surface area (Å²) in [4.78, 5) is 0. The van der Waals surface area contributed by atoms with Crippen LogP contribution in [0.2, 0.25) is 5.02 Å². The zero-order valence-electron chi connectivity index (χ0n) is 8.32. The van der Waals surface area contributed by atoms with Crippen LogP contribution in [-0.4, -0.2) is 13.6 Å². The lowest BCUT2D eigenvalue weighted by Crippen LogP contribution is -2.07. The van der Waals surface area contributed by atoms with Gasteiger partial charge in [0.2, 0.25) is 0 Å². The molecule has 0 saturated carbocycles. The van der Waals surface area contributed by atoms with Crippen LogP contribution in [0.25, 0.3) is 0 Å². The minimum Gasteiger partial charge on any atom is -0.320 e. The Morgan fingerprint density at radius 1 is 1.36 bits per heavy atom. The Morgan fingerprint density at radius 2 is 2.14 bits per heavy atom. The van der Waals surface area contributed by atoms with Gasteiger partial charge in [0, 0.05) is 0 Å². The summed E-state index contributed by atoms with van der Waals surface area (Å²) in [5.74, 6) is -0.342. The maximum atomic E-state index is 12.8. The van der Waals surface area contributed by atoms with Crippen LogP contribution in [0, 0.1) is 5.82 Å². The van der Waals surface area contributed by atoms with Crippen molar-refractivity contribution in [2.24, 2.45) is 0 Å². The molecule has 0 atom stereocenters. The highest BCUT2D eigenvalue weighted by Crippen LogP contribution is 2.17. The summed E-state index contributed by atoms with van der Waals surface area (Å²) < 4.78 is 12.8. The van der Waals surface area contributed by atoms with Gasteiger partial charge in [-0.05, 0) is 50.6 Å². The molecule has 0 heterocycles. The fraction of sp³-hybridized carbons (Fsp3) is 0.455. The average Bonchev–Trinajstić information content (AvgIpc) is 2.18. The molecule has 0 amide bonds. The summed E-state index contributed by atoms with van der Waals surface area (Å²) in [7, 11) is 1.94. The normalized spacial score (nSPS) is 10.5. The monoisotopic (exact) mass is 215 g/mol. The SMILES string of the molecule is CNCCCCc1ccc(F)c(Cl)c1. The lowest BCUT2D eigenvalue weighted by Gasteiger charge is -2.02. The van der Waals surface area contributed by atoms with Gasteiger partial charge < -0.3 is 5.32 Å². The first-order valence-corrected chi connectivity index (χ1v) is 5.20. The second-order valence-corrected chi connectivity index (χ2v) is 3.72. The van der Waals surface area contributed by atoms with E-state index in [0.29, 0.717) is 0 Å². The van der Waals surface area contributed by atoms with E-state index in [2.05, 4.69) is 5.32 Å². The van der Waals surface area contributed by atoms with Crippen LogP contribution in [0.5, 0.6) is 0 Å². The first-order valence-electron chi connectivity index (χ1n) is 4.82. The molecular formula is C11H15ClFN. The Morgan fingerprint density at radius 3 is 2.79 bits per heavy atom. The quantitative estimate of drug-likeness (QED) is 0.745. The second kappa shape index (κ2) is 5.99. The Kier molecular flexibility index (Phi) is 4.91. The number of benzene rings is 1. The van der Waals surface area contributed by atoms with Gasteiger partial charge in [0.25, 0.3) is 0 Å². The molecule has 0 bridgehead atoms. The third-order valence-corrected chi connectivity index (χ3v) is 2.42. The molecule has 0 radical (unpaired) electrons. The van der Waals surface area contributed by atoms with Crippen molar-refractivity contribution >= 4 is 11.6 Å². The summed E-state index contributed by atoms with van der Waals surface area (Å²) in [6.45, 7) is 1.02. The van der Waals surface area contributed by atoms with Crippen molar-refractivity contribution in [1.29, 1.82) is 0 Å². The summed E-state index contributed by atoms with van der Waals surface area (Å²) in [6, 6.07) is 4.92. The number of rotatable bonds is 5. The standard InChI is InChI=1S/C11H15ClFN/c1-14-7-3-2-4-9-5-6-11(13)10(12)8-9/h5-6,8,14H,2-4,7H2,1H3. The van der Waals surface area contributed by atoms with Crippen molar-refractivity contribution in [1.82, 2.24) is 5.32 Å².